The molecule has 0 aromatic rings. The first-order valence-corrected chi connectivity index (χ1v) is 3.21. The van der Waals surface area contributed by atoms with Gasteiger partial charge in [-0.15, -0.1) is 0 Å². The predicted molar refractivity (Wildman–Crippen MR) is 38.6 cm³/mol. The molecular weight excluding hydrogens is 146 g/mol. The third kappa shape index (κ3) is 0.830. The van der Waals surface area contributed by atoms with E-state index in [-0.39, 0.29) is 24.1 Å². The van der Waals surface area contributed by atoms with Crippen LogP contribution in [0.3, 0.4) is 0 Å². The number of aliphatic imine (C=N–C) groups is 1. The molecule has 0 saturated carbocycles. The number of carbonyl (C=O) groups is 1. The van der Waals surface area contributed by atoms with Crippen molar-refractivity contribution in [1.82, 2.24) is 16.0 Å². The molecule has 0 bridgehead atoms. The van der Waals surface area contributed by atoms with Gasteiger partial charge in [0.1, 0.15) is 11.9 Å². The first kappa shape index (κ1) is 6.14. The standard InChI is InChI=1S/C5H7N5O/c6-3-2-4(8-1-7-2)10-5(11)9-3/h1-2,4H,(H,7,8)(H3,6,9,10,11). The zero-order valence-corrected chi connectivity index (χ0v) is 5.59. The maximum Gasteiger partial charge on any atom is 0.321 e. The summed E-state index contributed by atoms with van der Waals surface area (Å²) in [7, 11) is 0. The minimum Gasteiger partial charge on any atom is -0.363 e. The van der Waals surface area contributed by atoms with Crippen molar-refractivity contribution in [2.24, 2.45) is 4.99 Å². The molecule has 2 aliphatic rings. The van der Waals surface area contributed by atoms with E-state index in [9.17, 15) is 4.79 Å². The summed E-state index contributed by atoms with van der Waals surface area (Å²) in [6, 6.07) is -0.579. The van der Waals surface area contributed by atoms with Gasteiger partial charge < -0.3 is 10.6 Å². The maximum atomic E-state index is 10.8. The molecule has 4 N–H and O–H groups in total. The van der Waals surface area contributed by atoms with Crippen molar-refractivity contribution < 1.29 is 4.79 Å². The Kier molecular flexibility index (Phi) is 1.09. The topological polar surface area (TPSA) is 89.4 Å². The third-order valence-electron chi connectivity index (χ3n) is 1.64. The number of fused-ring (bicyclic) bond motifs is 1. The molecule has 2 amide bonds. The molecule has 2 rings (SSSR count). The number of hydrogen-bond donors (Lipinski definition) is 4. The molecule has 1 saturated heterocycles. The van der Waals surface area contributed by atoms with Crippen LogP contribution < -0.4 is 16.0 Å². The average molecular weight is 153 g/mol. The van der Waals surface area contributed by atoms with Crippen LogP contribution in [0, 0.1) is 5.41 Å². The van der Waals surface area contributed by atoms with Gasteiger partial charge in [-0.2, -0.15) is 0 Å². The summed E-state index contributed by atoms with van der Waals surface area (Å²) in [6.07, 6.45) is 1.19. The molecule has 2 atom stereocenters. The molecular formula is C5H7N5O. The van der Waals surface area contributed by atoms with Gasteiger partial charge in [0.25, 0.3) is 0 Å². The lowest BCUT2D eigenvalue weighted by molar-refractivity contribution is 0.237. The second kappa shape index (κ2) is 1.94. The van der Waals surface area contributed by atoms with Crippen LogP contribution in [0.1, 0.15) is 0 Å². The van der Waals surface area contributed by atoms with Gasteiger partial charge in [0.2, 0.25) is 0 Å². The number of amidine groups is 1. The van der Waals surface area contributed by atoms with E-state index in [2.05, 4.69) is 20.9 Å². The van der Waals surface area contributed by atoms with Crippen LogP contribution in [0.2, 0.25) is 0 Å². The third-order valence-corrected chi connectivity index (χ3v) is 1.64. The van der Waals surface area contributed by atoms with Crippen LogP contribution in [0.25, 0.3) is 0 Å². The van der Waals surface area contributed by atoms with Crippen molar-refractivity contribution in [3.63, 3.8) is 0 Å². The Morgan fingerprint density at radius 3 is 3.27 bits per heavy atom. The van der Waals surface area contributed by atoms with E-state index < -0.39 is 0 Å². The number of hydrogen-bond acceptors (Lipinski definition) is 4. The lowest BCUT2D eigenvalue weighted by Crippen LogP contribution is -2.62. The summed E-state index contributed by atoms with van der Waals surface area (Å²) in [4.78, 5) is 14.7. The number of carbonyl (C=O) groups excluding carboxylic acids is 1. The zero-order chi connectivity index (χ0) is 7.84. The molecule has 0 spiro atoms. The van der Waals surface area contributed by atoms with Gasteiger partial charge >= 0.3 is 6.03 Å². The molecule has 0 aliphatic carbocycles. The molecule has 2 aliphatic heterocycles. The van der Waals surface area contributed by atoms with Crippen LogP contribution in [0.15, 0.2) is 4.99 Å². The smallest absolute Gasteiger partial charge is 0.321 e. The van der Waals surface area contributed by atoms with Crippen molar-refractivity contribution in [3.8, 4) is 0 Å². The van der Waals surface area contributed by atoms with E-state index in [1.54, 1.807) is 0 Å². The first-order chi connectivity index (χ1) is 5.27. The Labute approximate surface area is 62.6 Å². The Hall–Kier alpha value is -1.59. The Morgan fingerprint density at radius 2 is 2.45 bits per heavy atom. The molecule has 2 unspecified atom stereocenters. The lowest BCUT2D eigenvalue weighted by Gasteiger charge is -2.25. The Morgan fingerprint density at radius 1 is 1.64 bits per heavy atom. The minimum atomic E-state index is -0.364. The SMILES string of the molecule is N=C1NC(=O)NC2N=CNC12. The molecule has 58 valence electrons. The van der Waals surface area contributed by atoms with Gasteiger partial charge in [0.05, 0.1) is 6.34 Å². The number of nitrogens with zero attached hydrogens (tertiary/aromatic N) is 1. The Balaban J connectivity index is 2.20. The van der Waals surface area contributed by atoms with Crippen LogP contribution in [-0.4, -0.2) is 30.4 Å². The van der Waals surface area contributed by atoms with Gasteiger partial charge in [-0.3, -0.25) is 10.7 Å². The highest BCUT2D eigenvalue weighted by Crippen LogP contribution is 2.04. The summed E-state index contributed by atoms with van der Waals surface area (Å²) in [5.74, 6) is 0.163. The molecule has 0 radical (unpaired) electrons. The molecule has 0 aromatic carbocycles. The number of rotatable bonds is 0. The van der Waals surface area contributed by atoms with Gasteiger partial charge in [0, 0.05) is 0 Å². The van der Waals surface area contributed by atoms with Gasteiger partial charge in [-0.1, -0.05) is 0 Å². The highest BCUT2D eigenvalue weighted by molar-refractivity contribution is 6.03. The monoisotopic (exact) mass is 153 g/mol. The van der Waals surface area contributed by atoms with Gasteiger partial charge in [-0.05, 0) is 0 Å². The zero-order valence-electron chi connectivity index (χ0n) is 5.59. The molecule has 6 heteroatoms. The fraction of sp³-hybridized carbons (Fsp3) is 0.400. The van der Waals surface area contributed by atoms with Crippen LogP contribution in [-0.2, 0) is 0 Å². The van der Waals surface area contributed by atoms with E-state index in [0.717, 1.165) is 0 Å². The van der Waals surface area contributed by atoms with Crippen molar-refractivity contribution in [2.45, 2.75) is 12.2 Å². The van der Waals surface area contributed by atoms with Crippen LogP contribution in [0.4, 0.5) is 4.79 Å². The first-order valence-electron chi connectivity index (χ1n) is 3.21. The minimum absolute atomic E-state index is 0.163. The summed E-state index contributed by atoms with van der Waals surface area (Å²) >= 11 is 0. The fourth-order valence-electron chi connectivity index (χ4n) is 1.11. The quantitative estimate of drug-likeness (QED) is 0.345. The van der Waals surface area contributed by atoms with Crippen molar-refractivity contribution >= 4 is 18.2 Å². The summed E-state index contributed by atoms with van der Waals surface area (Å²) < 4.78 is 0. The maximum absolute atomic E-state index is 10.8. The van der Waals surface area contributed by atoms with E-state index >= 15 is 0 Å². The van der Waals surface area contributed by atoms with E-state index in [0.29, 0.717) is 0 Å². The largest absolute Gasteiger partial charge is 0.363 e. The van der Waals surface area contributed by atoms with Crippen molar-refractivity contribution in [2.75, 3.05) is 0 Å². The van der Waals surface area contributed by atoms with Crippen molar-refractivity contribution in [1.29, 1.82) is 5.41 Å². The molecule has 11 heavy (non-hydrogen) atoms. The van der Waals surface area contributed by atoms with Gasteiger partial charge in [0.15, 0.2) is 6.17 Å². The van der Waals surface area contributed by atoms with Gasteiger partial charge in [-0.25, -0.2) is 9.79 Å². The summed E-state index contributed by atoms with van der Waals surface area (Å²) in [6.45, 7) is 0. The number of urea groups is 1. The summed E-state index contributed by atoms with van der Waals surface area (Å²) in [5, 5.41) is 15.1. The molecule has 0 aromatic heterocycles. The fourth-order valence-corrected chi connectivity index (χ4v) is 1.11. The highest BCUT2D eigenvalue weighted by atomic mass is 16.2. The summed E-state index contributed by atoms with van der Waals surface area (Å²) in [5.41, 5.74) is 0. The predicted octanol–water partition coefficient (Wildman–Crippen LogP) is -1.40. The normalized spacial score (nSPS) is 33.8. The molecule has 1 fully saturated rings. The molecule has 2 heterocycles. The second-order valence-corrected chi connectivity index (χ2v) is 2.38. The van der Waals surface area contributed by atoms with Crippen LogP contribution >= 0.6 is 0 Å². The van der Waals surface area contributed by atoms with E-state index in [1.807, 2.05) is 0 Å². The second-order valence-electron chi connectivity index (χ2n) is 2.38. The van der Waals surface area contributed by atoms with Crippen molar-refractivity contribution in [3.05, 3.63) is 0 Å². The number of amides is 2. The van der Waals surface area contributed by atoms with Crippen LogP contribution in [0.5, 0.6) is 0 Å². The Bertz CT molecular complexity index is 247. The van der Waals surface area contributed by atoms with E-state index in [4.69, 9.17) is 5.41 Å². The highest BCUT2D eigenvalue weighted by Gasteiger charge is 2.34. The lowest BCUT2D eigenvalue weighted by atomic mass is 10.2. The number of nitrogens with one attached hydrogen (secondary N) is 4. The van der Waals surface area contributed by atoms with E-state index in [1.165, 1.54) is 6.34 Å². The molecule has 6 nitrogen and oxygen atoms in total. The average Bonchev–Trinajstić information content (AvgIpc) is 2.34.